The van der Waals surface area contributed by atoms with Crippen molar-refractivity contribution in [2.24, 2.45) is 0 Å². The molecule has 0 bridgehead atoms. The van der Waals surface area contributed by atoms with Crippen LogP contribution >= 0.6 is 0 Å². The summed E-state index contributed by atoms with van der Waals surface area (Å²) in [5.74, 6) is 0.224. The van der Waals surface area contributed by atoms with Crippen LogP contribution in [0.15, 0.2) is 16.9 Å². The molecule has 9 heteroatoms. The number of aromatic amines is 1. The lowest BCUT2D eigenvalue weighted by atomic mass is 10.2. The van der Waals surface area contributed by atoms with Crippen LogP contribution in [0.1, 0.15) is 5.82 Å². The highest BCUT2D eigenvalue weighted by molar-refractivity contribution is 5.89. The van der Waals surface area contributed by atoms with E-state index in [4.69, 9.17) is 0 Å². The zero-order chi connectivity index (χ0) is 13.4. The maximum absolute atomic E-state index is 11.6. The Bertz CT molecular complexity index is 736. The van der Waals surface area contributed by atoms with Crippen molar-refractivity contribution in [3.63, 3.8) is 0 Å². The van der Waals surface area contributed by atoms with E-state index in [1.807, 2.05) is 0 Å². The Morgan fingerprint density at radius 2 is 1.89 bits per heavy atom. The van der Waals surface area contributed by atoms with E-state index in [0.717, 1.165) is 12.1 Å². The molecule has 0 spiro atoms. The van der Waals surface area contributed by atoms with Crippen molar-refractivity contribution in [1.29, 1.82) is 0 Å². The van der Waals surface area contributed by atoms with E-state index in [1.54, 1.807) is 0 Å². The maximum atomic E-state index is 11.6. The van der Waals surface area contributed by atoms with Gasteiger partial charge in [-0.2, -0.15) is 0 Å². The molecule has 0 atom stereocenters. The SMILES string of the molecule is Cc1nc2cc([N+](=O)[O-])cc([N+](=O)[O-])c2c(=O)[nH]1. The van der Waals surface area contributed by atoms with Gasteiger partial charge < -0.3 is 4.98 Å². The Morgan fingerprint density at radius 1 is 1.22 bits per heavy atom. The summed E-state index contributed by atoms with van der Waals surface area (Å²) >= 11 is 0. The van der Waals surface area contributed by atoms with E-state index < -0.39 is 26.8 Å². The van der Waals surface area contributed by atoms with Gasteiger partial charge in [0.05, 0.1) is 21.4 Å². The highest BCUT2D eigenvalue weighted by Crippen LogP contribution is 2.27. The quantitative estimate of drug-likeness (QED) is 0.625. The number of benzene rings is 1. The first-order valence-electron chi connectivity index (χ1n) is 4.73. The second kappa shape index (κ2) is 3.87. The molecule has 0 aliphatic rings. The molecule has 2 rings (SSSR count). The number of non-ortho nitro benzene ring substituents is 2. The van der Waals surface area contributed by atoms with E-state index in [0.29, 0.717) is 0 Å². The minimum atomic E-state index is -0.846. The summed E-state index contributed by atoms with van der Waals surface area (Å²) in [5, 5.41) is 21.2. The minimum absolute atomic E-state index is 0.0721. The third kappa shape index (κ3) is 1.77. The molecule has 0 unspecified atom stereocenters. The monoisotopic (exact) mass is 250 g/mol. The van der Waals surface area contributed by atoms with E-state index in [9.17, 15) is 25.0 Å². The first kappa shape index (κ1) is 11.6. The van der Waals surface area contributed by atoms with Gasteiger partial charge in [0, 0.05) is 6.07 Å². The van der Waals surface area contributed by atoms with Gasteiger partial charge in [-0.25, -0.2) is 4.98 Å². The van der Waals surface area contributed by atoms with E-state index in [-0.39, 0.29) is 16.7 Å². The number of fused-ring (bicyclic) bond motifs is 1. The third-order valence-electron chi connectivity index (χ3n) is 2.30. The van der Waals surface area contributed by atoms with Crippen molar-refractivity contribution in [3.05, 3.63) is 48.5 Å². The highest BCUT2D eigenvalue weighted by Gasteiger charge is 2.22. The second-order valence-corrected chi connectivity index (χ2v) is 3.52. The topological polar surface area (TPSA) is 132 Å². The number of nitro groups is 2. The van der Waals surface area contributed by atoms with Crippen molar-refractivity contribution in [3.8, 4) is 0 Å². The molecule has 0 radical (unpaired) electrons. The summed E-state index contributed by atoms with van der Waals surface area (Å²) < 4.78 is 0. The summed E-state index contributed by atoms with van der Waals surface area (Å²) in [7, 11) is 0. The van der Waals surface area contributed by atoms with Crippen molar-refractivity contribution < 1.29 is 9.85 Å². The van der Waals surface area contributed by atoms with Crippen LogP contribution in [-0.4, -0.2) is 19.8 Å². The summed E-state index contributed by atoms with van der Waals surface area (Å²) in [5.41, 5.74) is -1.88. The van der Waals surface area contributed by atoms with Gasteiger partial charge in [-0.1, -0.05) is 0 Å². The van der Waals surface area contributed by atoms with Crippen molar-refractivity contribution >= 4 is 22.3 Å². The number of nitrogens with zero attached hydrogens (tertiary/aromatic N) is 3. The molecule has 0 aliphatic heterocycles. The molecule has 92 valence electrons. The van der Waals surface area contributed by atoms with Crippen LogP contribution in [0.3, 0.4) is 0 Å². The van der Waals surface area contributed by atoms with Crippen molar-refractivity contribution in [2.75, 3.05) is 0 Å². The number of nitro benzene ring substituents is 2. The molecule has 0 saturated carbocycles. The van der Waals surface area contributed by atoms with Gasteiger partial charge in [-0.3, -0.25) is 25.0 Å². The molecular formula is C9H6N4O5. The molecule has 1 heterocycles. The van der Waals surface area contributed by atoms with Gasteiger partial charge in [0.25, 0.3) is 16.9 Å². The van der Waals surface area contributed by atoms with Crippen LogP contribution in [0.4, 0.5) is 11.4 Å². The molecule has 0 amide bonds. The number of aromatic nitrogens is 2. The maximum Gasteiger partial charge on any atom is 0.291 e. The fourth-order valence-corrected chi connectivity index (χ4v) is 1.60. The van der Waals surface area contributed by atoms with Crippen molar-refractivity contribution in [1.82, 2.24) is 9.97 Å². The Hall–Kier alpha value is -2.84. The predicted molar refractivity (Wildman–Crippen MR) is 60.4 cm³/mol. The molecular weight excluding hydrogens is 244 g/mol. The smallest absolute Gasteiger partial charge is 0.291 e. The largest absolute Gasteiger partial charge is 0.310 e. The van der Waals surface area contributed by atoms with Gasteiger partial charge >= 0.3 is 0 Å². The number of rotatable bonds is 2. The first-order chi connectivity index (χ1) is 8.40. The molecule has 9 nitrogen and oxygen atoms in total. The Morgan fingerprint density at radius 3 is 2.44 bits per heavy atom. The van der Waals surface area contributed by atoms with Gasteiger partial charge in [0.2, 0.25) is 0 Å². The zero-order valence-electron chi connectivity index (χ0n) is 9.04. The fourth-order valence-electron chi connectivity index (χ4n) is 1.60. The lowest BCUT2D eigenvalue weighted by Crippen LogP contribution is -2.12. The summed E-state index contributed by atoms with van der Waals surface area (Å²) in [6.45, 7) is 1.48. The molecule has 1 N–H and O–H groups in total. The minimum Gasteiger partial charge on any atom is -0.310 e. The van der Waals surface area contributed by atoms with E-state index in [1.165, 1.54) is 6.92 Å². The molecule has 2 aromatic rings. The lowest BCUT2D eigenvalue weighted by molar-refractivity contribution is -0.393. The summed E-state index contributed by atoms with van der Waals surface area (Å²) in [4.78, 5) is 37.7. The highest BCUT2D eigenvalue weighted by atomic mass is 16.6. The number of hydrogen-bond donors (Lipinski definition) is 1. The van der Waals surface area contributed by atoms with Gasteiger partial charge in [-0.05, 0) is 6.92 Å². The van der Waals surface area contributed by atoms with Crippen LogP contribution in [0.25, 0.3) is 10.9 Å². The number of H-pyrrole nitrogens is 1. The number of hydrogen-bond acceptors (Lipinski definition) is 6. The third-order valence-corrected chi connectivity index (χ3v) is 2.30. The van der Waals surface area contributed by atoms with E-state index in [2.05, 4.69) is 9.97 Å². The first-order valence-corrected chi connectivity index (χ1v) is 4.73. The number of nitrogens with one attached hydrogen (secondary N) is 1. The Kier molecular flexibility index (Phi) is 2.51. The van der Waals surface area contributed by atoms with Gasteiger partial charge in [0.1, 0.15) is 11.2 Å². The predicted octanol–water partition coefficient (Wildman–Crippen LogP) is 1.05. The van der Waals surface area contributed by atoms with E-state index >= 15 is 0 Å². The second-order valence-electron chi connectivity index (χ2n) is 3.52. The van der Waals surface area contributed by atoms with Crippen LogP contribution in [0.2, 0.25) is 0 Å². The average Bonchev–Trinajstić information content (AvgIpc) is 2.26. The lowest BCUT2D eigenvalue weighted by Gasteiger charge is -2.00. The molecule has 1 aromatic heterocycles. The fraction of sp³-hybridized carbons (Fsp3) is 0.111. The average molecular weight is 250 g/mol. The van der Waals surface area contributed by atoms with Gasteiger partial charge in [0.15, 0.2) is 0 Å². The zero-order valence-corrected chi connectivity index (χ0v) is 9.04. The van der Waals surface area contributed by atoms with Crippen molar-refractivity contribution in [2.45, 2.75) is 6.92 Å². The Labute approximate surface area is 98.4 Å². The van der Waals surface area contributed by atoms with Gasteiger partial charge in [-0.15, -0.1) is 0 Å². The standard InChI is InChI=1S/C9H6N4O5/c1-4-10-6-2-5(12(15)16)3-7(13(17)18)8(6)9(14)11-4/h2-3H,1H3,(H,10,11,14). The summed E-state index contributed by atoms with van der Waals surface area (Å²) in [6.07, 6.45) is 0. The molecule has 0 fully saturated rings. The number of aryl methyl sites for hydroxylation is 1. The molecule has 0 saturated heterocycles. The van der Waals surface area contributed by atoms with Crippen LogP contribution in [0.5, 0.6) is 0 Å². The van der Waals surface area contributed by atoms with Crippen LogP contribution < -0.4 is 5.56 Å². The summed E-state index contributed by atoms with van der Waals surface area (Å²) in [6, 6.07) is 1.78. The van der Waals surface area contributed by atoms with Crippen LogP contribution in [-0.2, 0) is 0 Å². The molecule has 0 aliphatic carbocycles. The van der Waals surface area contributed by atoms with Crippen LogP contribution in [0, 0.1) is 27.2 Å². The molecule has 1 aromatic carbocycles. The molecule has 18 heavy (non-hydrogen) atoms. The normalized spacial score (nSPS) is 10.5. The Balaban J connectivity index is 2.99.